The molecule has 1 fully saturated rings. The van der Waals surface area contributed by atoms with E-state index in [0.717, 1.165) is 31.4 Å². The summed E-state index contributed by atoms with van der Waals surface area (Å²) in [4.78, 5) is 0.0769. The zero-order chi connectivity index (χ0) is 13.2. The number of alkyl halides is 1. The lowest BCUT2D eigenvalue weighted by atomic mass is 10.1. The van der Waals surface area contributed by atoms with E-state index in [9.17, 15) is 12.8 Å². The molecule has 1 saturated carbocycles. The van der Waals surface area contributed by atoms with Gasteiger partial charge in [-0.3, -0.25) is 0 Å². The third kappa shape index (κ3) is 3.22. The molecule has 0 radical (unpaired) electrons. The van der Waals surface area contributed by atoms with Crippen molar-refractivity contribution >= 4 is 21.6 Å². The molecule has 0 aliphatic heterocycles. The molecular weight excluding hydrogens is 277 g/mol. The molecule has 1 aliphatic rings. The Kier molecular flexibility index (Phi) is 4.25. The van der Waals surface area contributed by atoms with E-state index in [0.29, 0.717) is 6.54 Å². The largest absolute Gasteiger partial charge is 0.240 e. The number of hydrogen-bond donors (Lipinski definition) is 1. The zero-order valence-electron chi connectivity index (χ0n) is 9.77. The predicted molar refractivity (Wildman–Crippen MR) is 68.6 cm³/mol. The second-order valence-electron chi connectivity index (χ2n) is 4.51. The van der Waals surface area contributed by atoms with Gasteiger partial charge in [-0.25, -0.2) is 17.5 Å². The molecule has 0 heterocycles. The minimum absolute atomic E-state index is 0.0425. The molecular formula is C12H15ClFNO2S. The summed E-state index contributed by atoms with van der Waals surface area (Å²) in [6.07, 6.45) is 2.92. The second kappa shape index (κ2) is 5.55. The van der Waals surface area contributed by atoms with Crippen LogP contribution in [0.1, 0.15) is 19.3 Å². The highest BCUT2D eigenvalue weighted by Crippen LogP contribution is 2.29. The van der Waals surface area contributed by atoms with Crippen LogP contribution in [0.15, 0.2) is 29.2 Å². The summed E-state index contributed by atoms with van der Waals surface area (Å²) in [5.74, 6) is -0.271. The molecule has 6 heteroatoms. The van der Waals surface area contributed by atoms with Crippen molar-refractivity contribution < 1.29 is 12.8 Å². The topological polar surface area (TPSA) is 46.2 Å². The Labute approximate surface area is 111 Å². The number of benzene rings is 1. The molecule has 2 rings (SSSR count). The van der Waals surface area contributed by atoms with Crippen LogP contribution >= 0.6 is 11.6 Å². The van der Waals surface area contributed by atoms with E-state index in [-0.39, 0.29) is 16.2 Å². The van der Waals surface area contributed by atoms with Crippen LogP contribution < -0.4 is 4.72 Å². The first kappa shape index (κ1) is 13.8. The van der Waals surface area contributed by atoms with Crippen molar-refractivity contribution in [3.05, 3.63) is 30.1 Å². The van der Waals surface area contributed by atoms with Crippen LogP contribution in [0.3, 0.4) is 0 Å². The Morgan fingerprint density at radius 1 is 1.28 bits per heavy atom. The van der Waals surface area contributed by atoms with Crippen LogP contribution in [-0.4, -0.2) is 20.3 Å². The highest BCUT2D eigenvalue weighted by molar-refractivity contribution is 7.89. The molecule has 0 spiro atoms. The lowest BCUT2D eigenvalue weighted by molar-refractivity contribution is 0.523. The zero-order valence-corrected chi connectivity index (χ0v) is 11.3. The maximum Gasteiger partial charge on any atom is 0.240 e. The molecule has 0 amide bonds. The lowest BCUT2D eigenvalue weighted by Crippen LogP contribution is -2.31. The maximum atomic E-state index is 12.7. The quantitative estimate of drug-likeness (QED) is 0.867. The van der Waals surface area contributed by atoms with Crippen molar-refractivity contribution in [2.75, 3.05) is 6.54 Å². The fraction of sp³-hybridized carbons (Fsp3) is 0.500. The first-order valence-corrected chi connectivity index (χ1v) is 7.80. The number of nitrogens with one attached hydrogen (secondary N) is 1. The molecule has 3 nitrogen and oxygen atoms in total. The Morgan fingerprint density at radius 3 is 2.50 bits per heavy atom. The van der Waals surface area contributed by atoms with Gasteiger partial charge in [-0.1, -0.05) is 6.42 Å². The number of rotatable bonds is 4. The van der Waals surface area contributed by atoms with Crippen LogP contribution in [0, 0.1) is 11.7 Å². The third-order valence-electron chi connectivity index (χ3n) is 3.23. The Morgan fingerprint density at radius 2 is 1.94 bits per heavy atom. The molecule has 0 saturated heterocycles. The summed E-state index contributed by atoms with van der Waals surface area (Å²) in [5.41, 5.74) is 0. The maximum absolute atomic E-state index is 12.7. The molecule has 1 N–H and O–H groups in total. The Bertz CT molecular complexity index is 503. The van der Waals surface area contributed by atoms with Gasteiger partial charge in [0.2, 0.25) is 10.0 Å². The summed E-state index contributed by atoms with van der Waals surface area (Å²) in [6, 6.07) is 4.78. The first-order chi connectivity index (χ1) is 8.49. The SMILES string of the molecule is O=S(=O)(NCC1CCCC1Cl)c1ccc(F)cc1. The fourth-order valence-electron chi connectivity index (χ4n) is 2.14. The van der Waals surface area contributed by atoms with Gasteiger partial charge in [0.15, 0.2) is 0 Å². The summed E-state index contributed by atoms with van der Waals surface area (Å²) in [6.45, 7) is 0.341. The summed E-state index contributed by atoms with van der Waals surface area (Å²) >= 11 is 6.09. The standard InChI is InChI=1S/C12H15ClFNO2S/c13-12-3-1-2-9(12)8-15-18(16,17)11-6-4-10(14)5-7-11/h4-7,9,12,15H,1-3,8H2. The van der Waals surface area contributed by atoms with Crippen molar-refractivity contribution in [3.63, 3.8) is 0 Å². The minimum Gasteiger partial charge on any atom is -0.211 e. The number of halogens is 2. The van der Waals surface area contributed by atoms with Gasteiger partial charge in [-0.2, -0.15) is 0 Å². The Hall–Kier alpha value is -0.650. The minimum atomic E-state index is -3.56. The molecule has 2 atom stereocenters. The number of sulfonamides is 1. The fourth-order valence-corrected chi connectivity index (χ4v) is 3.60. The highest BCUT2D eigenvalue weighted by atomic mass is 35.5. The summed E-state index contributed by atoms with van der Waals surface area (Å²) in [7, 11) is -3.56. The van der Waals surface area contributed by atoms with E-state index in [4.69, 9.17) is 11.6 Å². The van der Waals surface area contributed by atoms with Crippen LogP contribution in [0.5, 0.6) is 0 Å². The highest BCUT2D eigenvalue weighted by Gasteiger charge is 2.26. The second-order valence-corrected chi connectivity index (χ2v) is 6.84. The first-order valence-electron chi connectivity index (χ1n) is 5.88. The van der Waals surface area contributed by atoms with Crippen LogP contribution in [0.2, 0.25) is 0 Å². The predicted octanol–water partition coefficient (Wildman–Crippen LogP) is 2.51. The summed E-state index contributed by atoms with van der Waals surface area (Å²) in [5, 5.41) is 0.0425. The van der Waals surface area contributed by atoms with Crippen LogP contribution in [-0.2, 0) is 10.0 Å². The van der Waals surface area contributed by atoms with E-state index < -0.39 is 15.8 Å². The molecule has 1 aromatic rings. The monoisotopic (exact) mass is 291 g/mol. The van der Waals surface area contributed by atoms with Crippen molar-refractivity contribution in [2.24, 2.45) is 5.92 Å². The van der Waals surface area contributed by atoms with Gasteiger partial charge in [-0.15, -0.1) is 11.6 Å². The van der Waals surface area contributed by atoms with Crippen LogP contribution in [0.25, 0.3) is 0 Å². The summed E-state index contributed by atoms with van der Waals surface area (Å²) < 4.78 is 39.1. The van der Waals surface area contributed by atoms with Gasteiger partial charge in [0, 0.05) is 11.9 Å². The van der Waals surface area contributed by atoms with Crippen molar-refractivity contribution in [3.8, 4) is 0 Å². The molecule has 2 unspecified atom stereocenters. The molecule has 100 valence electrons. The van der Waals surface area contributed by atoms with Crippen LogP contribution in [0.4, 0.5) is 4.39 Å². The molecule has 1 aromatic carbocycles. The lowest BCUT2D eigenvalue weighted by Gasteiger charge is -2.14. The van der Waals surface area contributed by atoms with Crippen molar-refractivity contribution in [1.29, 1.82) is 0 Å². The Balaban J connectivity index is 2.01. The molecule has 0 bridgehead atoms. The van der Waals surface area contributed by atoms with E-state index in [1.165, 1.54) is 12.1 Å². The smallest absolute Gasteiger partial charge is 0.211 e. The van der Waals surface area contributed by atoms with E-state index >= 15 is 0 Å². The van der Waals surface area contributed by atoms with Gasteiger partial charge in [0.25, 0.3) is 0 Å². The van der Waals surface area contributed by atoms with E-state index in [1.807, 2.05) is 0 Å². The van der Waals surface area contributed by atoms with E-state index in [2.05, 4.69) is 4.72 Å². The van der Waals surface area contributed by atoms with Gasteiger partial charge < -0.3 is 0 Å². The molecule has 1 aliphatic carbocycles. The average molecular weight is 292 g/mol. The number of hydrogen-bond acceptors (Lipinski definition) is 2. The molecule has 0 aromatic heterocycles. The van der Waals surface area contributed by atoms with Gasteiger partial charge in [0.1, 0.15) is 5.82 Å². The van der Waals surface area contributed by atoms with Crippen molar-refractivity contribution in [1.82, 2.24) is 4.72 Å². The van der Waals surface area contributed by atoms with Gasteiger partial charge >= 0.3 is 0 Å². The molecule has 18 heavy (non-hydrogen) atoms. The normalized spacial score (nSPS) is 24.3. The third-order valence-corrected chi connectivity index (χ3v) is 5.24. The van der Waals surface area contributed by atoms with Crippen molar-refractivity contribution in [2.45, 2.75) is 29.5 Å². The van der Waals surface area contributed by atoms with E-state index in [1.54, 1.807) is 0 Å². The van der Waals surface area contributed by atoms with Gasteiger partial charge in [-0.05, 0) is 43.0 Å². The average Bonchev–Trinajstić information content (AvgIpc) is 2.73. The van der Waals surface area contributed by atoms with Gasteiger partial charge in [0.05, 0.1) is 4.90 Å².